The van der Waals surface area contributed by atoms with Gasteiger partial charge in [0, 0.05) is 10.5 Å². The molecule has 14 heavy (non-hydrogen) atoms. The van der Waals surface area contributed by atoms with Crippen molar-refractivity contribution in [2.24, 2.45) is 0 Å². The largest absolute Gasteiger partial charge is 0.768 e. The first-order valence-electron chi connectivity index (χ1n) is 3.73. The minimum Gasteiger partial charge on any atom is -0.768 e. The zero-order valence-electron chi connectivity index (χ0n) is 6.91. The molecule has 5 nitrogen and oxygen atoms in total. The fourth-order valence-electron chi connectivity index (χ4n) is 1.01. The molecule has 72 valence electrons. The first-order valence-corrected chi connectivity index (χ1v) is 4.81. The molecule has 2 rings (SSSR count). The lowest BCUT2D eigenvalue weighted by molar-refractivity contribution is 0.537. The summed E-state index contributed by atoms with van der Waals surface area (Å²) in [5.74, 6) is 0.369. The number of hydrogen-bond acceptors (Lipinski definition) is 5. The molecule has 0 aliphatic rings. The van der Waals surface area contributed by atoms with E-state index < -0.39 is 11.1 Å². The van der Waals surface area contributed by atoms with Gasteiger partial charge in [0.05, 0.1) is 0 Å². The molecule has 1 heterocycles. The van der Waals surface area contributed by atoms with Crippen LogP contribution in [0.4, 0.5) is 0 Å². The summed E-state index contributed by atoms with van der Waals surface area (Å²) >= 11 is -2.20. The first-order chi connectivity index (χ1) is 6.77. The Morgan fingerprint density at radius 3 is 2.50 bits per heavy atom. The molecule has 0 N–H and O–H groups in total. The molecule has 1 unspecified atom stereocenters. The van der Waals surface area contributed by atoms with Gasteiger partial charge in [0.25, 0.3) is 0 Å². The van der Waals surface area contributed by atoms with Crippen LogP contribution in [0.2, 0.25) is 0 Å². The number of hydrogen-bond donors (Lipinski definition) is 0. The van der Waals surface area contributed by atoms with Gasteiger partial charge in [-0.3, -0.25) is 4.21 Å². The molecular formula is C8H5N2O3S-. The summed E-state index contributed by atoms with van der Waals surface area (Å²) in [6, 6.07) is 6.17. The summed E-state index contributed by atoms with van der Waals surface area (Å²) in [7, 11) is 0. The second kappa shape index (κ2) is 3.69. The Labute approximate surface area is 82.1 Å². The van der Waals surface area contributed by atoms with Crippen LogP contribution in [-0.2, 0) is 11.1 Å². The van der Waals surface area contributed by atoms with Gasteiger partial charge in [0.2, 0.25) is 12.3 Å². The van der Waals surface area contributed by atoms with E-state index in [1.165, 1.54) is 18.5 Å². The van der Waals surface area contributed by atoms with E-state index in [0.29, 0.717) is 11.5 Å². The lowest BCUT2D eigenvalue weighted by Gasteiger charge is -2.04. The van der Waals surface area contributed by atoms with E-state index >= 15 is 0 Å². The van der Waals surface area contributed by atoms with Gasteiger partial charge in [-0.15, -0.1) is 10.2 Å². The van der Waals surface area contributed by atoms with Crippen LogP contribution in [0.15, 0.2) is 40.0 Å². The number of rotatable bonds is 2. The molecule has 0 saturated heterocycles. The highest BCUT2D eigenvalue weighted by Gasteiger charge is 2.02. The SMILES string of the molecule is O=S([O-])c1ccc(-c2nnco2)cc1. The molecular weight excluding hydrogens is 204 g/mol. The third kappa shape index (κ3) is 1.70. The molecule has 0 aliphatic heterocycles. The fourth-order valence-corrected chi connectivity index (χ4v) is 1.37. The van der Waals surface area contributed by atoms with Crippen molar-refractivity contribution in [1.82, 2.24) is 10.2 Å². The van der Waals surface area contributed by atoms with Gasteiger partial charge in [0.1, 0.15) is 0 Å². The van der Waals surface area contributed by atoms with Gasteiger partial charge in [-0.2, -0.15) is 0 Å². The van der Waals surface area contributed by atoms with E-state index in [1.54, 1.807) is 12.1 Å². The predicted molar refractivity (Wildman–Crippen MR) is 46.9 cm³/mol. The van der Waals surface area contributed by atoms with Crippen molar-refractivity contribution in [3.05, 3.63) is 30.7 Å². The van der Waals surface area contributed by atoms with Gasteiger partial charge in [0.15, 0.2) is 0 Å². The Bertz CT molecular complexity index is 438. The van der Waals surface area contributed by atoms with Gasteiger partial charge < -0.3 is 8.97 Å². The zero-order valence-corrected chi connectivity index (χ0v) is 7.73. The zero-order chi connectivity index (χ0) is 9.97. The standard InChI is InChI=1S/C8H6N2O3S/c11-14(12)7-3-1-6(2-4-7)8-10-9-5-13-8/h1-5H,(H,11,12)/p-1. The molecule has 0 radical (unpaired) electrons. The summed E-state index contributed by atoms with van der Waals surface area (Å²) in [6.45, 7) is 0. The van der Waals surface area contributed by atoms with Crippen LogP contribution in [0.5, 0.6) is 0 Å². The van der Waals surface area contributed by atoms with E-state index in [2.05, 4.69) is 10.2 Å². The quantitative estimate of drug-likeness (QED) is 0.688. The van der Waals surface area contributed by atoms with E-state index in [4.69, 9.17) is 4.42 Å². The Morgan fingerprint density at radius 1 is 1.29 bits per heavy atom. The van der Waals surface area contributed by atoms with E-state index in [9.17, 15) is 8.76 Å². The monoisotopic (exact) mass is 209 g/mol. The normalized spacial score (nSPS) is 12.6. The molecule has 1 atom stereocenters. The van der Waals surface area contributed by atoms with E-state index in [-0.39, 0.29) is 4.90 Å². The van der Waals surface area contributed by atoms with Crippen molar-refractivity contribution in [2.45, 2.75) is 4.90 Å². The van der Waals surface area contributed by atoms with Crippen molar-refractivity contribution >= 4 is 11.1 Å². The molecule has 0 bridgehead atoms. The molecule has 0 amide bonds. The number of nitrogens with zero attached hydrogens (tertiary/aromatic N) is 2. The summed E-state index contributed by atoms with van der Waals surface area (Å²) in [6.07, 6.45) is 1.22. The van der Waals surface area contributed by atoms with Crippen LogP contribution in [0, 0.1) is 0 Å². The molecule has 2 aromatic rings. The maximum Gasteiger partial charge on any atom is 0.247 e. The maximum absolute atomic E-state index is 10.5. The molecule has 1 aromatic carbocycles. The van der Waals surface area contributed by atoms with Crippen LogP contribution in [0.3, 0.4) is 0 Å². The average Bonchev–Trinajstić information content (AvgIpc) is 2.71. The van der Waals surface area contributed by atoms with Gasteiger partial charge in [-0.25, -0.2) is 0 Å². The molecule has 0 fully saturated rings. The number of aromatic nitrogens is 2. The highest BCUT2D eigenvalue weighted by atomic mass is 32.2. The molecule has 1 aromatic heterocycles. The smallest absolute Gasteiger partial charge is 0.247 e. The Balaban J connectivity index is 2.36. The average molecular weight is 209 g/mol. The van der Waals surface area contributed by atoms with Gasteiger partial charge in [-0.1, -0.05) is 0 Å². The summed E-state index contributed by atoms with van der Waals surface area (Å²) in [4.78, 5) is 0.230. The third-order valence-electron chi connectivity index (χ3n) is 1.65. The fraction of sp³-hybridized carbons (Fsp3) is 0. The van der Waals surface area contributed by atoms with Crippen LogP contribution in [0.1, 0.15) is 0 Å². The maximum atomic E-state index is 10.5. The van der Waals surface area contributed by atoms with Gasteiger partial charge in [-0.05, 0) is 35.3 Å². The minimum absolute atomic E-state index is 0.230. The minimum atomic E-state index is -2.20. The van der Waals surface area contributed by atoms with Crippen LogP contribution < -0.4 is 0 Å². The molecule has 0 aliphatic carbocycles. The van der Waals surface area contributed by atoms with Crippen molar-refractivity contribution < 1.29 is 13.2 Å². The number of benzene rings is 1. The lowest BCUT2D eigenvalue weighted by atomic mass is 10.2. The molecule has 0 spiro atoms. The Kier molecular flexibility index (Phi) is 2.38. The van der Waals surface area contributed by atoms with Crippen molar-refractivity contribution in [3.63, 3.8) is 0 Å². The second-order valence-corrected chi connectivity index (χ2v) is 3.44. The first kappa shape index (κ1) is 9.04. The van der Waals surface area contributed by atoms with Crippen molar-refractivity contribution in [2.75, 3.05) is 0 Å². The van der Waals surface area contributed by atoms with Crippen LogP contribution >= 0.6 is 0 Å². The summed E-state index contributed by atoms with van der Waals surface area (Å²) in [5, 5.41) is 7.21. The van der Waals surface area contributed by atoms with E-state index in [1.807, 2.05) is 0 Å². The van der Waals surface area contributed by atoms with Crippen molar-refractivity contribution in [1.29, 1.82) is 0 Å². The summed E-state index contributed by atoms with van der Waals surface area (Å²) in [5.41, 5.74) is 0.691. The molecule has 0 saturated carbocycles. The van der Waals surface area contributed by atoms with Crippen LogP contribution in [0.25, 0.3) is 11.5 Å². The predicted octanol–water partition coefficient (Wildman–Crippen LogP) is 0.975. The second-order valence-electron chi connectivity index (χ2n) is 2.50. The third-order valence-corrected chi connectivity index (χ3v) is 2.31. The highest BCUT2D eigenvalue weighted by Crippen LogP contribution is 2.17. The highest BCUT2D eigenvalue weighted by molar-refractivity contribution is 7.79. The van der Waals surface area contributed by atoms with E-state index in [0.717, 1.165) is 0 Å². The van der Waals surface area contributed by atoms with Crippen molar-refractivity contribution in [3.8, 4) is 11.5 Å². The lowest BCUT2D eigenvalue weighted by Crippen LogP contribution is -1.88. The van der Waals surface area contributed by atoms with Crippen LogP contribution in [-0.4, -0.2) is 19.0 Å². The Hall–Kier alpha value is -1.53. The Morgan fingerprint density at radius 2 is 2.00 bits per heavy atom. The topological polar surface area (TPSA) is 79.0 Å². The summed E-state index contributed by atoms with van der Waals surface area (Å²) < 4.78 is 26.0. The molecule has 6 heteroatoms. The van der Waals surface area contributed by atoms with Gasteiger partial charge >= 0.3 is 0 Å².